The molecule has 2 unspecified atom stereocenters. The summed E-state index contributed by atoms with van der Waals surface area (Å²) in [6.45, 7) is 9.33. The minimum atomic E-state index is -0.444. The number of likely N-dealkylation sites (tertiary alicyclic amines) is 1. The van der Waals surface area contributed by atoms with Gasteiger partial charge in [0.25, 0.3) is 0 Å². The molecule has 100 valence electrons. The first-order valence-electron chi connectivity index (χ1n) is 6.15. The average molecular weight is 244 g/mol. The third-order valence-corrected chi connectivity index (χ3v) is 2.55. The van der Waals surface area contributed by atoms with Crippen LogP contribution in [-0.2, 0) is 9.47 Å². The van der Waals surface area contributed by atoms with Gasteiger partial charge in [-0.3, -0.25) is 0 Å². The number of hydrogen-bond donors (Lipinski definition) is 1. The van der Waals surface area contributed by atoms with Gasteiger partial charge in [-0.2, -0.15) is 0 Å². The van der Waals surface area contributed by atoms with Crippen LogP contribution in [0.5, 0.6) is 0 Å². The predicted molar refractivity (Wildman–Crippen MR) is 65.8 cm³/mol. The van der Waals surface area contributed by atoms with Crippen molar-refractivity contribution in [1.82, 2.24) is 4.90 Å². The molecule has 0 aromatic heterocycles. The summed E-state index contributed by atoms with van der Waals surface area (Å²) >= 11 is 0. The number of rotatable bonds is 3. The van der Waals surface area contributed by atoms with Gasteiger partial charge in [0.15, 0.2) is 0 Å². The van der Waals surface area contributed by atoms with E-state index in [2.05, 4.69) is 0 Å². The van der Waals surface area contributed by atoms with Gasteiger partial charge < -0.3 is 20.1 Å². The van der Waals surface area contributed by atoms with E-state index in [4.69, 9.17) is 15.2 Å². The molecule has 0 radical (unpaired) electrons. The molecule has 0 saturated carbocycles. The Morgan fingerprint density at radius 3 is 2.71 bits per heavy atom. The van der Waals surface area contributed by atoms with Crippen LogP contribution >= 0.6 is 0 Å². The summed E-state index contributed by atoms with van der Waals surface area (Å²) in [5, 5.41) is 0. The molecule has 2 N–H and O–H groups in total. The number of nitrogens with two attached hydrogens (primary N) is 1. The van der Waals surface area contributed by atoms with Gasteiger partial charge in [-0.15, -0.1) is 0 Å². The lowest BCUT2D eigenvalue weighted by Crippen LogP contribution is -2.36. The second-order valence-electron chi connectivity index (χ2n) is 5.52. The van der Waals surface area contributed by atoms with Crippen molar-refractivity contribution in [3.05, 3.63) is 0 Å². The number of amides is 1. The Balaban J connectivity index is 2.37. The summed E-state index contributed by atoms with van der Waals surface area (Å²) in [6.07, 6.45) is 0.715. The van der Waals surface area contributed by atoms with E-state index in [0.717, 1.165) is 6.42 Å². The summed E-state index contributed by atoms with van der Waals surface area (Å²) in [4.78, 5) is 13.5. The van der Waals surface area contributed by atoms with Crippen molar-refractivity contribution in [1.29, 1.82) is 0 Å². The molecule has 1 rings (SSSR count). The van der Waals surface area contributed by atoms with Gasteiger partial charge in [-0.25, -0.2) is 4.79 Å². The average Bonchev–Trinajstić information content (AvgIpc) is 2.63. The zero-order valence-corrected chi connectivity index (χ0v) is 11.2. The van der Waals surface area contributed by atoms with E-state index >= 15 is 0 Å². The Morgan fingerprint density at radius 1 is 1.53 bits per heavy atom. The highest BCUT2D eigenvalue weighted by Crippen LogP contribution is 2.17. The second kappa shape index (κ2) is 5.69. The number of carbonyl (C=O) groups excluding carboxylic acids is 1. The molecule has 0 bridgehead atoms. The highest BCUT2D eigenvalue weighted by molar-refractivity contribution is 5.68. The van der Waals surface area contributed by atoms with E-state index in [-0.39, 0.29) is 18.3 Å². The number of carbonyl (C=O) groups is 1. The zero-order chi connectivity index (χ0) is 13.1. The van der Waals surface area contributed by atoms with Gasteiger partial charge in [-0.05, 0) is 34.1 Å². The third kappa shape index (κ3) is 4.91. The molecular formula is C12H24N2O3. The van der Waals surface area contributed by atoms with Crippen LogP contribution in [0.25, 0.3) is 0 Å². The number of nitrogens with zero attached hydrogens (tertiary/aromatic N) is 1. The normalized spacial score (nSPS) is 22.6. The minimum Gasteiger partial charge on any atom is -0.444 e. The first kappa shape index (κ1) is 14.3. The summed E-state index contributed by atoms with van der Waals surface area (Å²) < 4.78 is 11.0. The van der Waals surface area contributed by atoms with Gasteiger partial charge in [0, 0.05) is 13.1 Å². The van der Waals surface area contributed by atoms with Crippen LogP contribution in [0, 0.1) is 0 Å². The largest absolute Gasteiger partial charge is 0.444 e. The van der Waals surface area contributed by atoms with Crippen molar-refractivity contribution in [3.8, 4) is 0 Å². The first-order valence-corrected chi connectivity index (χ1v) is 6.15. The SMILES string of the molecule is CC(CN)OC1CCN(C(=O)OC(C)(C)C)C1. The van der Waals surface area contributed by atoms with Crippen LogP contribution in [0.1, 0.15) is 34.1 Å². The van der Waals surface area contributed by atoms with Crippen molar-refractivity contribution in [2.75, 3.05) is 19.6 Å². The molecule has 5 heteroatoms. The van der Waals surface area contributed by atoms with Crippen LogP contribution in [-0.4, -0.2) is 48.4 Å². The summed E-state index contributed by atoms with van der Waals surface area (Å²) in [6, 6.07) is 0. The third-order valence-electron chi connectivity index (χ3n) is 2.55. The molecule has 0 aliphatic carbocycles. The summed E-state index contributed by atoms with van der Waals surface area (Å²) in [5.41, 5.74) is 5.05. The van der Waals surface area contributed by atoms with Gasteiger partial charge in [-0.1, -0.05) is 0 Å². The van der Waals surface area contributed by atoms with Crippen LogP contribution in [0.3, 0.4) is 0 Å². The van der Waals surface area contributed by atoms with E-state index < -0.39 is 5.60 Å². The molecule has 0 spiro atoms. The smallest absolute Gasteiger partial charge is 0.410 e. The molecule has 2 atom stereocenters. The van der Waals surface area contributed by atoms with Crippen LogP contribution in [0.4, 0.5) is 4.79 Å². The topological polar surface area (TPSA) is 64.8 Å². The molecule has 1 amide bonds. The van der Waals surface area contributed by atoms with E-state index in [9.17, 15) is 4.79 Å². The lowest BCUT2D eigenvalue weighted by atomic mass is 10.2. The van der Waals surface area contributed by atoms with Gasteiger partial charge >= 0.3 is 6.09 Å². The van der Waals surface area contributed by atoms with E-state index in [1.54, 1.807) is 4.90 Å². The number of hydrogen-bond acceptors (Lipinski definition) is 4. The zero-order valence-electron chi connectivity index (χ0n) is 11.2. The highest BCUT2D eigenvalue weighted by atomic mass is 16.6. The monoisotopic (exact) mass is 244 g/mol. The Kier molecular flexibility index (Phi) is 4.77. The Morgan fingerprint density at radius 2 is 2.18 bits per heavy atom. The molecule has 0 aromatic rings. The van der Waals surface area contributed by atoms with Crippen LogP contribution in [0.2, 0.25) is 0 Å². The molecule has 17 heavy (non-hydrogen) atoms. The quantitative estimate of drug-likeness (QED) is 0.814. The van der Waals surface area contributed by atoms with E-state index in [0.29, 0.717) is 19.6 Å². The van der Waals surface area contributed by atoms with Gasteiger partial charge in [0.05, 0.1) is 18.8 Å². The Bertz CT molecular complexity index is 263. The summed E-state index contributed by atoms with van der Waals surface area (Å²) in [5.74, 6) is 0. The molecular weight excluding hydrogens is 220 g/mol. The maximum atomic E-state index is 11.8. The van der Waals surface area contributed by atoms with E-state index in [1.807, 2.05) is 27.7 Å². The molecule has 5 nitrogen and oxygen atoms in total. The predicted octanol–water partition coefficient (Wildman–Crippen LogP) is 1.36. The van der Waals surface area contributed by atoms with Crippen molar-refractivity contribution < 1.29 is 14.3 Å². The van der Waals surface area contributed by atoms with Crippen molar-refractivity contribution in [2.45, 2.75) is 51.9 Å². The molecule has 1 heterocycles. The standard InChI is InChI=1S/C12H24N2O3/c1-9(7-13)16-10-5-6-14(8-10)11(15)17-12(2,3)4/h9-10H,5-8,13H2,1-4H3. The van der Waals surface area contributed by atoms with E-state index in [1.165, 1.54) is 0 Å². The molecule has 1 aliphatic rings. The first-order chi connectivity index (χ1) is 7.81. The minimum absolute atomic E-state index is 0.0404. The van der Waals surface area contributed by atoms with Gasteiger partial charge in [0.1, 0.15) is 5.60 Å². The van der Waals surface area contributed by atoms with Crippen molar-refractivity contribution >= 4 is 6.09 Å². The fourth-order valence-corrected chi connectivity index (χ4v) is 1.72. The van der Waals surface area contributed by atoms with Crippen molar-refractivity contribution in [3.63, 3.8) is 0 Å². The highest BCUT2D eigenvalue weighted by Gasteiger charge is 2.30. The Labute approximate surface area is 103 Å². The molecule has 1 fully saturated rings. The molecule has 1 aliphatic heterocycles. The van der Waals surface area contributed by atoms with Gasteiger partial charge in [0.2, 0.25) is 0 Å². The second-order valence-corrected chi connectivity index (χ2v) is 5.52. The lowest BCUT2D eigenvalue weighted by molar-refractivity contribution is 0.000783. The summed E-state index contributed by atoms with van der Waals surface area (Å²) in [7, 11) is 0. The fourth-order valence-electron chi connectivity index (χ4n) is 1.72. The number of ether oxygens (including phenoxy) is 2. The lowest BCUT2D eigenvalue weighted by Gasteiger charge is -2.24. The fraction of sp³-hybridized carbons (Fsp3) is 0.917. The Hall–Kier alpha value is -0.810. The maximum absolute atomic E-state index is 11.8. The molecule has 0 aromatic carbocycles. The van der Waals surface area contributed by atoms with Crippen LogP contribution < -0.4 is 5.73 Å². The van der Waals surface area contributed by atoms with Crippen molar-refractivity contribution in [2.24, 2.45) is 5.73 Å². The maximum Gasteiger partial charge on any atom is 0.410 e. The molecule has 1 saturated heterocycles. The van der Waals surface area contributed by atoms with Crippen LogP contribution in [0.15, 0.2) is 0 Å².